The number of ether oxygens (including phenoxy) is 1. The Morgan fingerprint density at radius 3 is 2.65 bits per heavy atom. The van der Waals surface area contributed by atoms with Gasteiger partial charge in [-0.1, -0.05) is 42.5 Å². The van der Waals surface area contributed by atoms with Gasteiger partial charge >= 0.3 is 5.97 Å². The molecule has 1 fully saturated rings. The molecule has 1 aliphatic carbocycles. The van der Waals surface area contributed by atoms with E-state index in [1.807, 2.05) is 6.92 Å². The molecule has 2 aromatic carbocycles. The zero-order valence-corrected chi connectivity index (χ0v) is 20.6. The van der Waals surface area contributed by atoms with Crippen LogP contribution < -0.4 is 5.32 Å². The first-order valence-electron chi connectivity index (χ1n) is 12.5. The first kappa shape index (κ1) is 23.1. The third kappa shape index (κ3) is 4.75. The summed E-state index contributed by atoms with van der Waals surface area (Å²) in [7, 11) is 0. The van der Waals surface area contributed by atoms with Gasteiger partial charge in [-0.3, -0.25) is 9.69 Å². The number of fused-ring (bicyclic) bond motifs is 2. The van der Waals surface area contributed by atoms with Gasteiger partial charge in [-0.15, -0.1) is 11.3 Å². The van der Waals surface area contributed by atoms with E-state index >= 15 is 0 Å². The highest BCUT2D eigenvalue weighted by atomic mass is 32.1. The molecular formula is C28H32N2O3S. The molecule has 1 aromatic heterocycles. The number of carbonyl (C=O) groups excluding carboxylic acids is 2. The van der Waals surface area contributed by atoms with Crippen LogP contribution in [0.25, 0.3) is 10.8 Å². The number of esters is 1. The molecule has 0 bridgehead atoms. The molecular weight excluding hydrogens is 444 g/mol. The van der Waals surface area contributed by atoms with Crippen molar-refractivity contribution < 1.29 is 14.3 Å². The van der Waals surface area contributed by atoms with E-state index in [0.29, 0.717) is 17.2 Å². The van der Waals surface area contributed by atoms with Gasteiger partial charge in [0.1, 0.15) is 5.00 Å². The standard InChI is InChI=1S/C28H32N2O3S/c1-2-33-28(32)25-23-12-5-6-13-24(23)34-27(25)29-26(31)20-14-16-30(17-15-20)18-21-10-7-9-19-8-3-4-11-22(19)21/h3-4,7-11,20H,2,5-6,12-18H2,1H3,(H,29,31). The third-order valence-corrected chi connectivity index (χ3v) is 8.33. The van der Waals surface area contributed by atoms with Gasteiger partial charge in [-0.2, -0.15) is 0 Å². The fourth-order valence-corrected chi connectivity index (χ4v) is 6.59. The van der Waals surface area contributed by atoms with Crippen molar-refractivity contribution in [2.45, 2.75) is 52.0 Å². The first-order chi connectivity index (χ1) is 16.6. The van der Waals surface area contributed by atoms with Crippen molar-refractivity contribution in [3.63, 3.8) is 0 Å². The molecule has 5 rings (SSSR count). The Morgan fingerprint density at radius 2 is 1.82 bits per heavy atom. The zero-order valence-electron chi connectivity index (χ0n) is 19.8. The summed E-state index contributed by atoms with van der Waals surface area (Å²) in [5.74, 6) is -0.297. The van der Waals surface area contributed by atoms with E-state index in [9.17, 15) is 9.59 Å². The molecule has 2 aliphatic rings. The van der Waals surface area contributed by atoms with Gasteiger partial charge in [0.25, 0.3) is 0 Å². The summed E-state index contributed by atoms with van der Waals surface area (Å²) in [5.41, 5.74) is 3.03. The fraction of sp³-hybridized carbons (Fsp3) is 0.429. The number of likely N-dealkylation sites (tertiary alicyclic amines) is 1. The summed E-state index contributed by atoms with van der Waals surface area (Å²) in [5, 5.41) is 6.39. The Bertz CT molecular complexity index is 1190. The van der Waals surface area contributed by atoms with Gasteiger partial charge in [-0.25, -0.2) is 4.79 Å². The molecule has 0 unspecified atom stereocenters. The van der Waals surface area contributed by atoms with Gasteiger partial charge < -0.3 is 10.1 Å². The van der Waals surface area contributed by atoms with Crippen molar-refractivity contribution in [1.82, 2.24) is 4.90 Å². The third-order valence-electron chi connectivity index (χ3n) is 7.12. The van der Waals surface area contributed by atoms with Crippen molar-refractivity contribution in [3.8, 4) is 0 Å². The molecule has 34 heavy (non-hydrogen) atoms. The zero-order chi connectivity index (χ0) is 23.5. The lowest BCUT2D eigenvalue weighted by Gasteiger charge is -2.31. The molecule has 5 nitrogen and oxygen atoms in total. The van der Waals surface area contributed by atoms with Crippen molar-refractivity contribution in [2.75, 3.05) is 25.0 Å². The molecule has 3 aromatic rings. The summed E-state index contributed by atoms with van der Waals surface area (Å²) in [4.78, 5) is 29.5. The van der Waals surface area contributed by atoms with Crippen molar-refractivity contribution in [1.29, 1.82) is 0 Å². The topological polar surface area (TPSA) is 58.6 Å². The van der Waals surface area contributed by atoms with Gasteiger partial charge in [0.2, 0.25) is 5.91 Å². The molecule has 0 atom stereocenters. The lowest BCUT2D eigenvalue weighted by Crippen LogP contribution is -2.37. The molecule has 0 saturated carbocycles. The lowest BCUT2D eigenvalue weighted by molar-refractivity contribution is -0.121. The van der Waals surface area contributed by atoms with Gasteiger partial charge in [0, 0.05) is 17.3 Å². The molecule has 2 heterocycles. The summed E-state index contributed by atoms with van der Waals surface area (Å²) in [6.45, 7) is 4.85. The van der Waals surface area contributed by atoms with Crippen molar-refractivity contribution >= 4 is 39.0 Å². The molecule has 0 spiro atoms. The normalized spacial score (nSPS) is 16.9. The molecule has 178 valence electrons. The van der Waals surface area contributed by atoms with E-state index in [4.69, 9.17) is 4.74 Å². The quantitative estimate of drug-likeness (QED) is 0.456. The second kappa shape index (κ2) is 10.3. The summed E-state index contributed by atoms with van der Waals surface area (Å²) < 4.78 is 5.33. The maximum Gasteiger partial charge on any atom is 0.341 e. The smallest absolute Gasteiger partial charge is 0.341 e. The second-order valence-electron chi connectivity index (χ2n) is 9.31. The summed E-state index contributed by atoms with van der Waals surface area (Å²) in [6, 6.07) is 15.0. The predicted octanol–water partition coefficient (Wildman–Crippen LogP) is 5.81. The highest BCUT2D eigenvalue weighted by molar-refractivity contribution is 7.17. The predicted molar refractivity (Wildman–Crippen MR) is 137 cm³/mol. The fourth-order valence-electron chi connectivity index (χ4n) is 5.31. The molecule has 1 saturated heterocycles. The van der Waals surface area contributed by atoms with Crippen molar-refractivity contribution in [3.05, 3.63) is 64.0 Å². The van der Waals surface area contributed by atoms with E-state index in [1.54, 1.807) is 11.3 Å². The monoisotopic (exact) mass is 476 g/mol. The minimum atomic E-state index is -0.304. The number of nitrogens with one attached hydrogen (secondary N) is 1. The Morgan fingerprint density at radius 1 is 1.06 bits per heavy atom. The maximum atomic E-state index is 13.2. The molecule has 6 heteroatoms. The maximum absolute atomic E-state index is 13.2. The van der Waals surface area contributed by atoms with E-state index < -0.39 is 0 Å². The lowest BCUT2D eigenvalue weighted by atomic mass is 9.94. The van der Waals surface area contributed by atoms with E-state index in [2.05, 4.69) is 52.7 Å². The Balaban J connectivity index is 1.23. The van der Waals surface area contributed by atoms with E-state index in [1.165, 1.54) is 21.2 Å². The summed E-state index contributed by atoms with van der Waals surface area (Å²) in [6.07, 6.45) is 5.75. The number of amides is 1. The number of aryl methyl sites for hydroxylation is 1. The highest BCUT2D eigenvalue weighted by Crippen LogP contribution is 2.39. The SMILES string of the molecule is CCOC(=O)c1c(NC(=O)C2CCN(Cc3cccc4ccccc34)CC2)sc2c1CCCC2. The number of hydrogen-bond donors (Lipinski definition) is 1. The van der Waals surface area contributed by atoms with Crippen LogP contribution in [0.3, 0.4) is 0 Å². The van der Waals surface area contributed by atoms with Crippen LogP contribution in [0.15, 0.2) is 42.5 Å². The van der Waals surface area contributed by atoms with E-state index in [-0.39, 0.29) is 17.8 Å². The van der Waals surface area contributed by atoms with Crippen LogP contribution in [0.2, 0.25) is 0 Å². The number of piperidine rings is 1. The van der Waals surface area contributed by atoms with Crippen LogP contribution in [0.4, 0.5) is 5.00 Å². The Hall–Kier alpha value is -2.70. The molecule has 1 aliphatic heterocycles. The van der Waals surface area contributed by atoms with Crippen LogP contribution in [0.5, 0.6) is 0 Å². The Kier molecular flexibility index (Phi) is 6.97. The largest absolute Gasteiger partial charge is 0.462 e. The number of rotatable bonds is 6. The minimum Gasteiger partial charge on any atom is -0.462 e. The molecule has 1 amide bonds. The van der Waals surface area contributed by atoms with Gasteiger partial charge in [-0.05, 0) is 80.4 Å². The number of nitrogens with zero attached hydrogens (tertiary/aromatic N) is 1. The van der Waals surface area contributed by atoms with Gasteiger partial charge in [0.05, 0.1) is 12.2 Å². The number of anilines is 1. The summed E-state index contributed by atoms with van der Waals surface area (Å²) >= 11 is 1.57. The van der Waals surface area contributed by atoms with Crippen LogP contribution in [0, 0.1) is 5.92 Å². The highest BCUT2D eigenvalue weighted by Gasteiger charge is 2.30. The van der Waals surface area contributed by atoms with Crippen LogP contribution in [-0.2, 0) is 28.9 Å². The van der Waals surface area contributed by atoms with Crippen LogP contribution in [0.1, 0.15) is 59.0 Å². The number of hydrogen-bond acceptors (Lipinski definition) is 5. The second-order valence-corrected chi connectivity index (χ2v) is 10.4. The minimum absolute atomic E-state index is 0.0297. The average molecular weight is 477 g/mol. The number of benzene rings is 2. The van der Waals surface area contributed by atoms with Crippen LogP contribution >= 0.6 is 11.3 Å². The first-order valence-corrected chi connectivity index (χ1v) is 13.3. The number of carbonyl (C=O) groups is 2. The van der Waals surface area contributed by atoms with Gasteiger partial charge in [0.15, 0.2) is 0 Å². The average Bonchev–Trinajstić information content (AvgIpc) is 3.22. The molecule has 0 radical (unpaired) electrons. The number of thiophene rings is 1. The van der Waals surface area contributed by atoms with Crippen LogP contribution in [-0.4, -0.2) is 36.5 Å². The Labute approximate surface area is 205 Å². The molecule has 1 N–H and O–H groups in total. The van der Waals surface area contributed by atoms with Crippen molar-refractivity contribution in [2.24, 2.45) is 5.92 Å². The van der Waals surface area contributed by atoms with E-state index in [0.717, 1.165) is 63.7 Å².